The minimum Gasteiger partial charge on any atom is -0.322 e. The summed E-state index contributed by atoms with van der Waals surface area (Å²) in [5.41, 5.74) is 1.57. The van der Waals surface area contributed by atoms with Crippen LogP contribution in [0, 0.1) is 20.2 Å². The molecule has 0 saturated carbocycles. The maximum Gasteiger partial charge on any atom is 0.270 e. The summed E-state index contributed by atoms with van der Waals surface area (Å²) in [5, 5.41) is 29.4. The first kappa shape index (κ1) is 25.5. The van der Waals surface area contributed by atoms with E-state index >= 15 is 0 Å². The molecule has 0 aliphatic rings. The highest BCUT2D eigenvalue weighted by Crippen LogP contribution is 2.28. The second kappa shape index (κ2) is 11.4. The predicted octanol–water partition coefficient (Wildman–Crippen LogP) is 5.61. The van der Waals surface area contributed by atoms with E-state index in [0.29, 0.717) is 22.1 Å². The van der Waals surface area contributed by atoms with E-state index in [1.165, 1.54) is 59.5 Å². The number of nitro groups is 2. The number of benzene rings is 3. The van der Waals surface area contributed by atoms with E-state index in [4.69, 9.17) is 0 Å². The summed E-state index contributed by atoms with van der Waals surface area (Å²) < 4.78 is 0. The van der Waals surface area contributed by atoms with Crippen molar-refractivity contribution in [1.29, 1.82) is 0 Å². The van der Waals surface area contributed by atoms with Gasteiger partial charge in [0.15, 0.2) is 5.13 Å². The highest BCUT2D eigenvalue weighted by Gasteiger charge is 2.13. The highest BCUT2D eigenvalue weighted by molar-refractivity contribution is 8.00. The average Bonchev–Trinajstić information content (AvgIpc) is 3.37. The molecule has 0 aliphatic carbocycles. The number of non-ortho nitro benzene ring substituents is 2. The fourth-order valence-corrected chi connectivity index (χ4v) is 4.58. The normalized spacial score (nSPS) is 10.5. The Hall–Kier alpha value is -4.62. The number of nitrogens with one attached hydrogen (secondary N) is 2. The standard InChI is InChI=1S/C24H17N5O6S2/c30-22(27-24-26-21(13-37-24)15-3-1-5-18(11-15)28(32)33)14-36-20-9-7-17(8-10-20)25-23(31)16-4-2-6-19(12-16)29(34)35/h1-13H,14H2,(H,25,31)(H,26,27,30). The van der Waals surface area contributed by atoms with Gasteiger partial charge in [-0.05, 0) is 30.3 Å². The molecule has 2 amide bonds. The second-order valence-electron chi connectivity index (χ2n) is 7.47. The molecule has 2 N–H and O–H groups in total. The fourth-order valence-electron chi connectivity index (χ4n) is 3.15. The molecule has 13 heteroatoms. The van der Waals surface area contributed by atoms with Crippen LogP contribution in [0.25, 0.3) is 11.3 Å². The van der Waals surface area contributed by atoms with Crippen LogP contribution < -0.4 is 10.6 Å². The van der Waals surface area contributed by atoms with E-state index in [9.17, 15) is 29.8 Å². The fraction of sp³-hybridized carbons (Fsp3) is 0.0417. The number of rotatable bonds is 9. The van der Waals surface area contributed by atoms with Crippen molar-refractivity contribution in [2.45, 2.75) is 4.90 Å². The Morgan fingerprint density at radius 2 is 1.57 bits per heavy atom. The Labute approximate surface area is 217 Å². The predicted molar refractivity (Wildman–Crippen MR) is 141 cm³/mol. The molecule has 0 bridgehead atoms. The first-order chi connectivity index (χ1) is 17.8. The number of carbonyl (C=O) groups is 2. The van der Waals surface area contributed by atoms with E-state index in [1.54, 1.807) is 41.8 Å². The van der Waals surface area contributed by atoms with Crippen molar-refractivity contribution in [2.24, 2.45) is 0 Å². The van der Waals surface area contributed by atoms with Crippen molar-refractivity contribution < 1.29 is 19.4 Å². The van der Waals surface area contributed by atoms with Crippen LogP contribution in [0.4, 0.5) is 22.2 Å². The lowest BCUT2D eigenvalue weighted by molar-refractivity contribution is -0.385. The molecule has 1 heterocycles. The summed E-state index contributed by atoms with van der Waals surface area (Å²) in [6, 6.07) is 18.4. The molecular weight excluding hydrogens is 518 g/mol. The van der Waals surface area contributed by atoms with Crippen molar-refractivity contribution >= 4 is 57.1 Å². The van der Waals surface area contributed by atoms with E-state index in [-0.39, 0.29) is 28.6 Å². The van der Waals surface area contributed by atoms with Gasteiger partial charge in [-0.2, -0.15) is 0 Å². The third-order valence-corrected chi connectivity index (χ3v) is 6.67. The van der Waals surface area contributed by atoms with Crippen molar-refractivity contribution in [3.8, 4) is 11.3 Å². The molecular formula is C24H17N5O6S2. The molecule has 0 saturated heterocycles. The van der Waals surface area contributed by atoms with Gasteiger partial charge in [0.2, 0.25) is 5.91 Å². The second-order valence-corrected chi connectivity index (χ2v) is 9.37. The Kier molecular flexibility index (Phi) is 7.86. The lowest BCUT2D eigenvalue weighted by Crippen LogP contribution is -2.13. The number of thioether (sulfide) groups is 1. The van der Waals surface area contributed by atoms with Crippen LogP contribution in [0.3, 0.4) is 0 Å². The Bertz CT molecular complexity index is 1490. The molecule has 0 spiro atoms. The maximum atomic E-state index is 12.4. The summed E-state index contributed by atoms with van der Waals surface area (Å²) in [7, 11) is 0. The molecule has 4 aromatic rings. The van der Waals surface area contributed by atoms with Crippen LogP contribution in [0.15, 0.2) is 83.1 Å². The number of thiazole rings is 1. The van der Waals surface area contributed by atoms with Gasteiger partial charge in [-0.25, -0.2) is 4.98 Å². The van der Waals surface area contributed by atoms with E-state index in [1.807, 2.05) is 0 Å². The van der Waals surface area contributed by atoms with Crippen LogP contribution in [0.5, 0.6) is 0 Å². The van der Waals surface area contributed by atoms with Crippen LogP contribution in [0.1, 0.15) is 10.4 Å². The molecule has 0 aliphatic heterocycles. The first-order valence-corrected chi connectivity index (χ1v) is 12.4. The summed E-state index contributed by atoms with van der Waals surface area (Å²) in [5.74, 6) is -0.630. The third kappa shape index (κ3) is 6.74. The van der Waals surface area contributed by atoms with Crippen LogP contribution in [0.2, 0.25) is 0 Å². The van der Waals surface area contributed by atoms with Crippen molar-refractivity contribution in [1.82, 2.24) is 4.98 Å². The number of amides is 2. The Morgan fingerprint density at radius 1 is 0.892 bits per heavy atom. The maximum absolute atomic E-state index is 12.4. The number of nitro benzene ring substituents is 2. The van der Waals surface area contributed by atoms with Gasteiger partial charge in [0.1, 0.15) is 0 Å². The Morgan fingerprint density at radius 3 is 2.27 bits per heavy atom. The summed E-state index contributed by atoms with van der Waals surface area (Å²) in [6.45, 7) is 0. The van der Waals surface area contributed by atoms with E-state index in [0.717, 1.165) is 4.90 Å². The minimum absolute atomic E-state index is 0.0397. The first-order valence-electron chi connectivity index (χ1n) is 10.6. The van der Waals surface area contributed by atoms with Gasteiger partial charge < -0.3 is 10.6 Å². The number of aromatic nitrogens is 1. The molecule has 3 aromatic carbocycles. The van der Waals surface area contributed by atoms with Gasteiger partial charge in [0.05, 0.1) is 21.3 Å². The van der Waals surface area contributed by atoms with E-state index in [2.05, 4.69) is 15.6 Å². The van der Waals surface area contributed by atoms with Crippen molar-refractivity contribution in [3.63, 3.8) is 0 Å². The Balaban J connectivity index is 1.29. The lowest BCUT2D eigenvalue weighted by atomic mass is 10.1. The van der Waals surface area contributed by atoms with Crippen LogP contribution >= 0.6 is 23.1 Å². The summed E-state index contributed by atoms with van der Waals surface area (Å²) >= 11 is 2.50. The molecule has 0 fully saturated rings. The summed E-state index contributed by atoms with van der Waals surface area (Å²) in [4.78, 5) is 50.7. The molecule has 37 heavy (non-hydrogen) atoms. The SMILES string of the molecule is O=C(CSc1ccc(NC(=O)c2cccc([N+](=O)[O-])c2)cc1)Nc1nc(-c2cccc([N+](=O)[O-])c2)cs1. The lowest BCUT2D eigenvalue weighted by Gasteiger charge is -2.07. The molecule has 0 atom stereocenters. The highest BCUT2D eigenvalue weighted by atomic mass is 32.2. The van der Waals surface area contributed by atoms with Gasteiger partial charge in [-0.15, -0.1) is 23.1 Å². The molecule has 11 nitrogen and oxygen atoms in total. The smallest absolute Gasteiger partial charge is 0.270 e. The summed E-state index contributed by atoms with van der Waals surface area (Å²) in [6.07, 6.45) is 0. The number of hydrogen-bond acceptors (Lipinski definition) is 9. The number of anilines is 2. The molecule has 0 radical (unpaired) electrons. The zero-order chi connectivity index (χ0) is 26.4. The zero-order valence-electron chi connectivity index (χ0n) is 18.8. The zero-order valence-corrected chi connectivity index (χ0v) is 20.5. The van der Waals surface area contributed by atoms with Gasteiger partial charge in [0, 0.05) is 51.4 Å². The molecule has 1 aromatic heterocycles. The van der Waals surface area contributed by atoms with Gasteiger partial charge in [-0.3, -0.25) is 29.8 Å². The van der Waals surface area contributed by atoms with Crippen LogP contribution in [-0.2, 0) is 4.79 Å². The molecule has 0 unspecified atom stereocenters. The topological polar surface area (TPSA) is 157 Å². The minimum atomic E-state index is -0.566. The number of hydrogen-bond donors (Lipinski definition) is 2. The number of carbonyl (C=O) groups excluding carboxylic acids is 2. The third-order valence-electron chi connectivity index (χ3n) is 4.90. The van der Waals surface area contributed by atoms with Gasteiger partial charge in [0.25, 0.3) is 17.3 Å². The monoisotopic (exact) mass is 535 g/mol. The average molecular weight is 536 g/mol. The largest absolute Gasteiger partial charge is 0.322 e. The number of nitrogens with zero attached hydrogens (tertiary/aromatic N) is 3. The molecule has 186 valence electrons. The van der Waals surface area contributed by atoms with Crippen molar-refractivity contribution in [3.05, 3.63) is 104 Å². The van der Waals surface area contributed by atoms with E-state index < -0.39 is 15.8 Å². The van der Waals surface area contributed by atoms with Gasteiger partial charge >= 0.3 is 0 Å². The van der Waals surface area contributed by atoms with Crippen molar-refractivity contribution in [2.75, 3.05) is 16.4 Å². The van der Waals surface area contributed by atoms with Crippen LogP contribution in [-0.4, -0.2) is 32.4 Å². The molecule has 4 rings (SSSR count). The quantitative estimate of drug-likeness (QED) is 0.159. The van der Waals surface area contributed by atoms with Gasteiger partial charge in [-0.1, -0.05) is 18.2 Å².